The van der Waals surface area contributed by atoms with Gasteiger partial charge in [0.2, 0.25) is 0 Å². The third-order valence-electron chi connectivity index (χ3n) is 2.49. The van der Waals surface area contributed by atoms with Gasteiger partial charge in [-0.3, -0.25) is 4.99 Å². The lowest BCUT2D eigenvalue weighted by Crippen LogP contribution is -2.24. The van der Waals surface area contributed by atoms with Crippen molar-refractivity contribution in [3.63, 3.8) is 0 Å². The molecule has 0 saturated carbocycles. The van der Waals surface area contributed by atoms with Gasteiger partial charge in [0.05, 0.1) is 6.54 Å². The largest absolute Gasteiger partial charge is 0.309 e. The summed E-state index contributed by atoms with van der Waals surface area (Å²) in [5, 5.41) is 3.37. The summed E-state index contributed by atoms with van der Waals surface area (Å²) in [5.41, 5.74) is 4.55. The van der Waals surface area contributed by atoms with E-state index in [4.69, 9.17) is 0 Å². The molecule has 0 spiro atoms. The van der Waals surface area contributed by atoms with Gasteiger partial charge in [-0.15, -0.1) is 0 Å². The SMILES string of the molecule is CC(C)(C)C1=NCC2=C1CNC2. The van der Waals surface area contributed by atoms with Gasteiger partial charge in [-0.25, -0.2) is 0 Å². The van der Waals surface area contributed by atoms with Crippen LogP contribution in [0.4, 0.5) is 0 Å². The van der Waals surface area contributed by atoms with Gasteiger partial charge in [0, 0.05) is 24.2 Å². The summed E-state index contributed by atoms with van der Waals surface area (Å²) in [4.78, 5) is 4.59. The van der Waals surface area contributed by atoms with E-state index >= 15 is 0 Å². The molecule has 0 amide bonds. The highest BCUT2D eigenvalue weighted by atomic mass is 14.9. The predicted octanol–water partition coefficient (Wildman–Crippen LogP) is 1.39. The number of nitrogens with zero attached hydrogens (tertiary/aromatic N) is 1. The smallest absolute Gasteiger partial charge is 0.0622 e. The van der Waals surface area contributed by atoms with E-state index in [2.05, 4.69) is 31.1 Å². The summed E-state index contributed by atoms with van der Waals surface area (Å²) in [5.74, 6) is 0. The molecule has 2 rings (SSSR count). The molecule has 2 aliphatic heterocycles. The molecular formula is C10H16N2. The summed E-state index contributed by atoms with van der Waals surface area (Å²) in [7, 11) is 0. The van der Waals surface area contributed by atoms with E-state index in [1.807, 2.05) is 0 Å². The van der Waals surface area contributed by atoms with Crippen molar-refractivity contribution >= 4 is 5.71 Å². The minimum atomic E-state index is 0.225. The number of rotatable bonds is 0. The Balaban J connectivity index is 2.30. The van der Waals surface area contributed by atoms with Crippen LogP contribution in [0.25, 0.3) is 0 Å². The molecule has 0 aliphatic carbocycles. The maximum atomic E-state index is 4.59. The van der Waals surface area contributed by atoms with Crippen LogP contribution in [0.15, 0.2) is 16.1 Å². The number of nitrogens with one attached hydrogen (secondary N) is 1. The minimum absolute atomic E-state index is 0.225. The average molecular weight is 164 g/mol. The van der Waals surface area contributed by atoms with Crippen LogP contribution in [0, 0.1) is 5.41 Å². The lowest BCUT2D eigenvalue weighted by atomic mass is 9.85. The molecule has 0 aromatic carbocycles. The molecule has 0 fully saturated rings. The highest BCUT2D eigenvalue weighted by molar-refractivity contribution is 6.06. The van der Waals surface area contributed by atoms with Crippen LogP contribution in [-0.4, -0.2) is 25.3 Å². The van der Waals surface area contributed by atoms with Crippen molar-refractivity contribution in [1.29, 1.82) is 0 Å². The van der Waals surface area contributed by atoms with E-state index in [0.717, 1.165) is 19.6 Å². The summed E-state index contributed by atoms with van der Waals surface area (Å²) in [6.07, 6.45) is 0. The Hall–Kier alpha value is -0.630. The molecule has 1 N–H and O–H groups in total. The molecule has 2 nitrogen and oxygen atoms in total. The Labute approximate surface area is 73.8 Å². The number of hydrogen-bond acceptors (Lipinski definition) is 2. The molecule has 0 aromatic heterocycles. The second-order valence-electron chi connectivity index (χ2n) is 4.60. The fourth-order valence-electron chi connectivity index (χ4n) is 1.93. The molecule has 66 valence electrons. The quantitative estimate of drug-likeness (QED) is 0.575. The Morgan fingerprint density at radius 1 is 1.25 bits per heavy atom. The number of aliphatic imine (C=N–C) groups is 1. The third-order valence-corrected chi connectivity index (χ3v) is 2.49. The first-order valence-electron chi connectivity index (χ1n) is 4.56. The van der Waals surface area contributed by atoms with Gasteiger partial charge < -0.3 is 5.32 Å². The fourth-order valence-corrected chi connectivity index (χ4v) is 1.93. The average Bonchev–Trinajstić information content (AvgIpc) is 2.37. The van der Waals surface area contributed by atoms with Crippen molar-refractivity contribution in [2.45, 2.75) is 20.8 Å². The highest BCUT2D eigenvalue weighted by Crippen LogP contribution is 2.29. The van der Waals surface area contributed by atoms with Crippen LogP contribution in [0.3, 0.4) is 0 Å². The lowest BCUT2D eigenvalue weighted by Gasteiger charge is -2.20. The van der Waals surface area contributed by atoms with Gasteiger partial charge in [-0.1, -0.05) is 20.8 Å². The molecular weight excluding hydrogens is 148 g/mol. The molecule has 2 heteroatoms. The second-order valence-corrected chi connectivity index (χ2v) is 4.60. The van der Waals surface area contributed by atoms with Crippen LogP contribution in [0.5, 0.6) is 0 Å². The summed E-state index contributed by atoms with van der Waals surface area (Å²) >= 11 is 0. The zero-order chi connectivity index (χ0) is 8.77. The van der Waals surface area contributed by atoms with Crippen molar-refractivity contribution in [3.8, 4) is 0 Å². The van der Waals surface area contributed by atoms with Crippen molar-refractivity contribution in [1.82, 2.24) is 5.32 Å². The fraction of sp³-hybridized carbons (Fsp3) is 0.700. The van der Waals surface area contributed by atoms with Crippen molar-refractivity contribution < 1.29 is 0 Å². The normalized spacial score (nSPS) is 23.1. The van der Waals surface area contributed by atoms with Gasteiger partial charge in [0.25, 0.3) is 0 Å². The molecule has 0 radical (unpaired) electrons. The molecule has 0 atom stereocenters. The first-order valence-corrected chi connectivity index (χ1v) is 4.56. The Kier molecular flexibility index (Phi) is 1.62. The molecule has 2 heterocycles. The van der Waals surface area contributed by atoms with Crippen LogP contribution < -0.4 is 5.32 Å². The standard InChI is InChI=1S/C10H16N2/c1-10(2,3)9-8-6-11-4-7(8)5-12-9/h11H,4-6H2,1-3H3. The van der Waals surface area contributed by atoms with Crippen LogP contribution in [0.2, 0.25) is 0 Å². The number of hydrogen-bond donors (Lipinski definition) is 1. The first kappa shape index (κ1) is 7.99. The van der Waals surface area contributed by atoms with Crippen LogP contribution in [-0.2, 0) is 0 Å². The minimum Gasteiger partial charge on any atom is -0.309 e. The first-order chi connectivity index (χ1) is 5.59. The highest BCUT2D eigenvalue weighted by Gasteiger charge is 2.30. The van der Waals surface area contributed by atoms with E-state index < -0.39 is 0 Å². The summed E-state index contributed by atoms with van der Waals surface area (Å²) < 4.78 is 0. The molecule has 0 unspecified atom stereocenters. The summed E-state index contributed by atoms with van der Waals surface area (Å²) in [6, 6.07) is 0. The third kappa shape index (κ3) is 1.11. The topological polar surface area (TPSA) is 24.4 Å². The van der Waals surface area contributed by atoms with Gasteiger partial charge in [-0.05, 0) is 11.1 Å². The van der Waals surface area contributed by atoms with Gasteiger partial charge in [0.15, 0.2) is 0 Å². The Morgan fingerprint density at radius 2 is 2.00 bits per heavy atom. The molecule has 0 saturated heterocycles. The zero-order valence-corrected chi connectivity index (χ0v) is 8.07. The predicted molar refractivity (Wildman–Crippen MR) is 51.7 cm³/mol. The van der Waals surface area contributed by atoms with E-state index in [1.165, 1.54) is 16.9 Å². The summed E-state index contributed by atoms with van der Waals surface area (Å²) in [6.45, 7) is 9.74. The van der Waals surface area contributed by atoms with E-state index in [0.29, 0.717) is 0 Å². The maximum Gasteiger partial charge on any atom is 0.0622 e. The van der Waals surface area contributed by atoms with E-state index in [-0.39, 0.29) is 5.41 Å². The monoisotopic (exact) mass is 164 g/mol. The van der Waals surface area contributed by atoms with Crippen molar-refractivity contribution in [2.75, 3.05) is 19.6 Å². The zero-order valence-electron chi connectivity index (χ0n) is 8.07. The van der Waals surface area contributed by atoms with Crippen LogP contribution >= 0.6 is 0 Å². The van der Waals surface area contributed by atoms with Gasteiger partial charge in [0.1, 0.15) is 0 Å². The lowest BCUT2D eigenvalue weighted by molar-refractivity contribution is 0.589. The van der Waals surface area contributed by atoms with Crippen molar-refractivity contribution in [2.24, 2.45) is 10.4 Å². The Morgan fingerprint density at radius 3 is 2.67 bits per heavy atom. The molecule has 12 heavy (non-hydrogen) atoms. The van der Waals surface area contributed by atoms with E-state index in [9.17, 15) is 0 Å². The van der Waals surface area contributed by atoms with E-state index in [1.54, 1.807) is 0 Å². The maximum absolute atomic E-state index is 4.59. The molecule has 0 bridgehead atoms. The molecule has 2 aliphatic rings. The van der Waals surface area contributed by atoms with Gasteiger partial charge in [-0.2, -0.15) is 0 Å². The van der Waals surface area contributed by atoms with Crippen LogP contribution in [0.1, 0.15) is 20.8 Å². The van der Waals surface area contributed by atoms with Gasteiger partial charge >= 0.3 is 0 Å². The molecule has 0 aromatic rings. The second kappa shape index (κ2) is 2.43. The van der Waals surface area contributed by atoms with Crippen molar-refractivity contribution in [3.05, 3.63) is 11.1 Å². The Bertz CT molecular complexity index is 266.